The minimum Gasteiger partial charge on any atom is -0.544 e. The summed E-state index contributed by atoms with van der Waals surface area (Å²) in [7, 11) is -1.53. The fourth-order valence-corrected chi connectivity index (χ4v) is 4.59. The molecule has 0 saturated heterocycles. The van der Waals surface area contributed by atoms with Crippen molar-refractivity contribution in [3.63, 3.8) is 0 Å². The molecule has 0 heterocycles. The van der Waals surface area contributed by atoms with Gasteiger partial charge in [0.2, 0.25) is 8.32 Å². The zero-order valence-electron chi connectivity index (χ0n) is 11.5. The van der Waals surface area contributed by atoms with Crippen molar-refractivity contribution < 1.29 is 4.43 Å². The second-order valence-corrected chi connectivity index (χ2v) is 9.34. The van der Waals surface area contributed by atoms with E-state index in [1.807, 2.05) is 6.92 Å². The molecule has 17 heavy (non-hydrogen) atoms. The van der Waals surface area contributed by atoms with Gasteiger partial charge in [-0.05, 0) is 42.8 Å². The zero-order chi connectivity index (χ0) is 12.9. The minimum absolute atomic E-state index is 1.02. The van der Waals surface area contributed by atoms with E-state index in [4.69, 9.17) is 4.43 Å². The highest BCUT2D eigenvalue weighted by atomic mass is 28.4. The molecule has 0 aliphatic heterocycles. The van der Waals surface area contributed by atoms with Gasteiger partial charge in [0.1, 0.15) is 5.75 Å². The largest absolute Gasteiger partial charge is 0.544 e. The number of benzene rings is 1. The molecular weight excluding hydrogens is 224 g/mol. The first kappa shape index (κ1) is 14.0. The molecule has 0 radical (unpaired) electrons. The van der Waals surface area contributed by atoms with Gasteiger partial charge in [0.15, 0.2) is 0 Å². The molecule has 0 spiro atoms. The molecule has 0 saturated carbocycles. The minimum atomic E-state index is -1.53. The lowest BCUT2D eigenvalue weighted by atomic mass is 10.1. The summed E-state index contributed by atoms with van der Waals surface area (Å²) in [6.07, 6.45) is 0. The van der Waals surface area contributed by atoms with Crippen LogP contribution in [0.5, 0.6) is 5.75 Å². The Kier molecular flexibility index (Phi) is 5.00. The molecule has 0 aromatic heterocycles. The van der Waals surface area contributed by atoms with E-state index in [9.17, 15) is 0 Å². The molecule has 1 aromatic rings. The SMILES string of the molecule is C=C(C)c1ccc(O[Si](CC)(CC)CC)cc1. The van der Waals surface area contributed by atoms with Crippen molar-refractivity contribution >= 4 is 13.9 Å². The van der Waals surface area contributed by atoms with Crippen LogP contribution in [0.2, 0.25) is 18.1 Å². The van der Waals surface area contributed by atoms with Crippen molar-refractivity contribution in [2.75, 3.05) is 0 Å². The normalized spacial score (nSPS) is 11.3. The fourth-order valence-electron chi connectivity index (χ4n) is 2.02. The molecule has 1 nitrogen and oxygen atoms in total. The van der Waals surface area contributed by atoms with Crippen LogP contribution in [0, 0.1) is 0 Å². The highest BCUT2D eigenvalue weighted by Gasteiger charge is 2.30. The first-order valence-corrected chi connectivity index (χ1v) is 9.04. The second-order valence-electron chi connectivity index (χ2n) is 4.65. The Bertz CT molecular complexity index is 355. The van der Waals surface area contributed by atoms with Gasteiger partial charge in [0.25, 0.3) is 0 Å². The molecule has 2 heteroatoms. The number of allylic oxidation sites excluding steroid dienone is 1. The monoisotopic (exact) mass is 248 g/mol. The molecule has 0 bridgehead atoms. The van der Waals surface area contributed by atoms with E-state index in [0.717, 1.165) is 11.3 Å². The van der Waals surface area contributed by atoms with Crippen LogP contribution in [0.3, 0.4) is 0 Å². The van der Waals surface area contributed by atoms with E-state index in [1.54, 1.807) is 0 Å². The molecule has 0 aliphatic carbocycles. The standard InChI is InChI=1S/C15H24OSi/c1-6-17(7-2,8-3)16-15-11-9-14(10-12-15)13(4)5/h9-12H,4,6-8H2,1-3,5H3. The highest BCUT2D eigenvalue weighted by molar-refractivity contribution is 6.74. The van der Waals surface area contributed by atoms with Crippen LogP contribution in [0.4, 0.5) is 0 Å². The van der Waals surface area contributed by atoms with Gasteiger partial charge in [-0.2, -0.15) is 0 Å². The molecular formula is C15H24OSi. The van der Waals surface area contributed by atoms with Crippen LogP contribution in [0.25, 0.3) is 5.57 Å². The first-order valence-electron chi connectivity index (χ1n) is 6.52. The first-order chi connectivity index (χ1) is 8.06. The lowest BCUT2D eigenvalue weighted by Gasteiger charge is -2.29. The van der Waals surface area contributed by atoms with E-state index in [-0.39, 0.29) is 0 Å². The Balaban J connectivity index is 2.84. The van der Waals surface area contributed by atoms with Crippen LogP contribution >= 0.6 is 0 Å². The van der Waals surface area contributed by atoms with Gasteiger partial charge < -0.3 is 4.43 Å². The number of hydrogen-bond donors (Lipinski definition) is 0. The third-order valence-corrected chi connectivity index (χ3v) is 8.15. The summed E-state index contributed by atoms with van der Waals surface area (Å²) in [5.41, 5.74) is 2.29. The van der Waals surface area contributed by atoms with Crippen LogP contribution < -0.4 is 4.43 Å². The smallest absolute Gasteiger partial charge is 0.250 e. The molecule has 1 rings (SSSR count). The van der Waals surface area contributed by atoms with Crippen molar-refractivity contribution in [2.24, 2.45) is 0 Å². The lowest BCUT2D eigenvalue weighted by molar-refractivity contribution is 0.532. The molecule has 94 valence electrons. The maximum atomic E-state index is 6.29. The maximum absolute atomic E-state index is 6.29. The summed E-state index contributed by atoms with van der Waals surface area (Å²) in [6.45, 7) is 12.7. The van der Waals surface area contributed by atoms with E-state index in [2.05, 4.69) is 51.6 Å². The van der Waals surface area contributed by atoms with Crippen LogP contribution in [0.1, 0.15) is 33.3 Å². The maximum Gasteiger partial charge on any atom is 0.250 e. The molecule has 1 aromatic carbocycles. The van der Waals surface area contributed by atoms with Gasteiger partial charge >= 0.3 is 0 Å². The van der Waals surface area contributed by atoms with E-state index >= 15 is 0 Å². The molecule has 0 unspecified atom stereocenters. The van der Waals surface area contributed by atoms with Gasteiger partial charge in [-0.25, -0.2) is 0 Å². The Labute approximate surface area is 107 Å². The van der Waals surface area contributed by atoms with Crippen molar-refractivity contribution in [1.82, 2.24) is 0 Å². The van der Waals surface area contributed by atoms with E-state index < -0.39 is 8.32 Å². The summed E-state index contributed by atoms with van der Waals surface area (Å²) >= 11 is 0. The highest BCUT2D eigenvalue weighted by Crippen LogP contribution is 2.26. The average Bonchev–Trinajstić information content (AvgIpc) is 2.37. The Morgan fingerprint density at radius 1 is 1.06 bits per heavy atom. The predicted octanol–water partition coefficient (Wildman–Crippen LogP) is 5.10. The zero-order valence-corrected chi connectivity index (χ0v) is 12.5. The third-order valence-electron chi connectivity index (χ3n) is 3.61. The van der Waals surface area contributed by atoms with Crippen LogP contribution in [-0.2, 0) is 0 Å². The van der Waals surface area contributed by atoms with Gasteiger partial charge in [-0.1, -0.05) is 45.1 Å². The van der Waals surface area contributed by atoms with Crippen molar-refractivity contribution in [3.8, 4) is 5.75 Å². The molecule has 0 fully saturated rings. The summed E-state index contributed by atoms with van der Waals surface area (Å²) in [6, 6.07) is 11.9. The van der Waals surface area contributed by atoms with Crippen LogP contribution in [0.15, 0.2) is 30.8 Å². The number of hydrogen-bond acceptors (Lipinski definition) is 1. The number of rotatable bonds is 6. The van der Waals surface area contributed by atoms with E-state index in [1.165, 1.54) is 23.7 Å². The van der Waals surface area contributed by atoms with Crippen molar-refractivity contribution in [2.45, 2.75) is 45.8 Å². The van der Waals surface area contributed by atoms with Crippen molar-refractivity contribution in [3.05, 3.63) is 36.4 Å². The lowest BCUT2D eigenvalue weighted by Crippen LogP contribution is -2.39. The molecule has 0 N–H and O–H groups in total. The quantitative estimate of drug-likeness (QED) is 0.636. The summed E-state index contributed by atoms with van der Waals surface area (Å²) < 4.78 is 6.29. The van der Waals surface area contributed by atoms with Crippen molar-refractivity contribution in [1.29, 1.82) is 0 Å². The van der Waals surface area contributed by atoms with Crippen LogP contribution in [-0.4, -0.2) is 8.32 Å². The topological polar surface area (TPSA) is 9.23 Å². The molecule has 0 amide bonds. The summed E-state index contributed by atoms with van der Waals surface area (Å²) in [5, 5.41) is 0. The Morgan fingerprint density at radius 3 is 1.88 bits per heavy atom. The third kappa shape index (κ3) is 3.47. The van der Waals surface area contributed by atoms with Gasteiger partial charge in [0, 0.05) is 0 Å². The fraction of sp³-hybridized carbons (Fsp3) is 0.467. The predicted molar refractivity (Wildman–Crippen MR) is 79.0 cm³/mol. The summed E-state index contributed by atoms with van der Waals surface area (Å²) in [5.74, 6) is 1.02. The van der Waals surface area contributed by atoms with E-state index in [0.29, 0.717) is 0 Å². The summed E-state index contributed by atoms with van der Waals surface area (Å²) in [4.78, 5) is 0. The van der Waals surface area contributed by atoms with Gasteiger partial charge in [-0.3, -0.25) is 0 Å². The second kappa shape index (κ2) is 6.06. The Hall–Kier alpha value is -1.02. The average molecular weight is 248 g/mol. The van der Waals surface area contributed by atoms with Gasteiger partial charge in [0.05, 0.1) is 0 Å². The Morgan fingerprint density at radius 2 is 1.53 bits per heavy atom. The molecule has 0 atom stereocenters. The van der Waals surface area contributed by atoms with Gasteiger partial charge in [-0.15, -0.1) is 0 Å². The molecule has 0 aliphatic rings.